The average molecular weight is 497 g/mol. The molecule has 3 aliphatic heterocycles. The van der Waals surface area contributed by atoms with E-state index in [0.717, 1.165) is 55.5 Å². The topological polar surface area (TPSA) is 90.0 Å². The van der Waals surface area contributed by atoms with E-state index in [-0.39, 0.29) is 29.3 Å². The third-order valence-electron chi connectivity index (χ3n) is 7.18. The van der Waals surface area contributed by atoms with E-state index in [2.05, 4.69) is 10.2 Å². The molecule has 2 amide bonds. The van der Waals surface area contributed by atoms with E-state index in [1.807, 2.05) is 31.2 Å². The first-order chi connectivity index (χ1) is 16.8. The molecule has 0 unspecified atom stereocenters. The average Bonchev–Trinajstić information content (AvgIpc) is 3.41. The van der Waals surface area contributed by atoms with E-state index >= 15 is 0 Å². The van der Waals surface area contributed by atoms with Gasteiger partial charge in [0.05, 0.1) is 16.3 Å². The Hall–Kier alpha value is -2.91. The largest absolute Gasteiger partial charge is 0.358 e. The normalized spacial score (nSPS) is 20.5. The minimum atomic E-state index is -3.64. The quantitative estimate of drug-likeness (QED) is 0.664. The van der Waals surface area contributed by atoms with Gasteiger partial charge in [0.1, 0.15) is 12.6 Å². The number of amides is 2. The third kappa shape index (κ3) is 4.67. The van der Waals surface area contributed by atoms with Gasteiger partial charge in [-0.15, -0.1) is 0 Å². The van der Waals surface area contributed by atoms with Crippen LogP contribution in [0.1, 0.15) is 43.2 Å². The minimum absolute atomic E-state index is 0.140. The van der Waals surface area contributed by atoms with E-state index in [1.54, 1.807) is 18.2 Å². The standard InChI is InChI=1S/C26H32N4O4S/c1-19-7-6-8-20(15-19)17-27-25(31)18-30-24-16-21(35(33,34)28-12-4-5-13-28)10-11-22(24)29-14-3-2-9-23(29)26(30)32/h6-8,10-11,15-16,23H,2-5,9,12-14,17-18H2,1H3,(H,27,31)/t23-/m1/s1. The highest BCUT2D eigenvalue weighted by Gasteiger charge is 2.41. The summed E-state index contributed by atoms with van der Waals surface area (Å²) < 4.78 is 28.0. The van der Waals surface area contributed by atoms with E-state index in [1.165, 1.54) is 9.21 Å². The van der Waals surface area contributed by atoms with Crippen LogP contribution in [0.15, 0.2) is 47.4 Å². The minimum Gasteiger partial charge on any atom is -0.358 e. The molecule has 2 aromatic carbocycles. The molecule has 1 atom stereocenters. The maximum atomic E-state index is 13.5. The Kier molecular flexibility index (Phi) is 6.55. The van der Waals surface area contributed by atoms with E-state index < -0.39 is 10.0 Å². The van der Waals surface area contributed by atoms with Gasteiger partial charge < -0.3 is 10.2 Å². The zero-order chi connectivity index (χ0) is 24.6. The summed E-state index contributed by atoms with van der Waals surface area (Å²) in [5.74, 6) is -0.415. The lowest BCUT2D eigenvalue weighted by Gasteiger charge is -2.45. The van der Waals surface area contributed by atoms with Crippen LogP contribution >= 0.6 is 0 Å². The lowest BCUT2D eigenvalue weighted by molar-refractivity contribution is -0.125. The van der Waals surface area contributed by atoms with Crippen molar-refractivity contribution in [2.24, 2.45) is 0 Å². The molecule has 1 N–H and O–H groups in total. The van der Waals surface area contributed by atoms with Gasteiger partial charge in [-0.1, -0.05) is 29.8 Å². The Morgan fingerprint density at radius 2 is 1.77 bits per heavy atom. The molecule has 0 spiro atoms. The van der Waals surface area contributed by atoms with Crippen molar-refractivity contribution in [2.45, 2.75) is 56.5 Å². The highest BCUT2D eigenvalue weighted by atomic mass is 32.2. The van der Waals surface area contributed by atoms with Gasteiger partial charge in [-0.05, 0) is 62.8 Å². The van der Waals surface area contributed by atoms with Crippen LogP contribution in [0.2, 0.25) is 0 Å². The number of aryl methyl sites for hydroxylation is 1. The number of carbonyl (C=O) groups excluding carboxylic acids is 2. The Morgan fingerprint density at radius 3 is 2.54 bits per heavy atom. The van der Waals surface area contributed by atoms with Crippen molar-refractivity contribution in [1.29, 1.82) is 0 Å². The summed E-state index contributed by atoms with van der Waals surface area (Å²) in [6, 6.07) is 12.6. The summed E-state index contributed by atoms with van der Waals surface area (Å²) in [6.07, 6.45) is 4.37. The molecule has 5 rings (SSSR count). The van der Waals surface area contributed by atoms with Gasteiger partial charge in [-0.2, -0.15) is 4.31 Å². The number of benzene rings is 2. The summed E-state index contributed by atoms with van der Waals surface area (Å²) in [7, 11) is -3.64. The van der Waals surface area contributed by atoms with E-state index in [4.69, 9.17) is 0 Å². The first kappa shape index (κ1) is 23.8. The summed E-state index contributed by atoms with van der Waals surface area (Å²) in [4.78, 5) is 30.2. The van der Waals surface area contributed by atoms with Crippen LogP contribution in [0, 0.1) is 6.92 Å². The number of piperidine rings is 1. The van der Waals surface area contributed by atoms with Crippen LogP contribution in [-0.4, -0.2) is 56.8 Å². The lowest BCUT2D eigenvalue weighted by Crippen LogP contribution is -2.57. The fourth-order valence-corrected chi connectivity index (χ4v) is 6.90. The van der Waals surface area contributed by atoms with Crippen molar-refractivity contribution in [3.8, 4) is 0 Å². The molecular formula is C26H32N4O4S. The molecule has 2 aromatic rings. The number of hydrogen-bond acceptors (Lipinski definition) is 5. The first-order valence-corrected chi connectivity index (χ1v) is 13.8. The fourth-order valence-electron chi connectivity index (χ4n) is 5.36. The van der Waals surface area contributed by atoms with Crippen molar-refractivity contribution in [2.75, 3.05) is 36.0 Å². The van der Waals surface area contributed by atoms with Gasteiger partial charge in [0.15, 0.2) is 0 Å². The molecular weight excluding hydrogens is 464 g/mol. The van der Waals surface area contributed by atoms with Crippen LogP contribution in [-0.2, 0) is 26.2 Å². The van der Waals surface area contributed by atoms with E-state index in [9.17, 15) is 18.0 Å². The number of anilines is 2. The van der Waals surface area contributed by atoms with Gasteiger partial charge >= 0.3 is 0 Å². The van der Waals surface area contributed by atoms with Crippen LogP contribution in [0.5, 0.6) is 0 Å². The predicted octanol–water partition coefficient (Wildman–Crippen LogP) is 2.80. The maximum Gasteiger partial charge on any atom is 0.250 e. The van der Waals surface area contributed by atoms with Crippen LogP contribution in [0.4, 0.5) is 11.4 Å². The second-order valence-electron chi connectivity index (χ2n) is 9.66. The van der Waals surface area contributed by atoms with Crippen LogP contribution < -0.4 is 15.1 Å². The lowest BCUT2D eigenvalue weighted by atomic mass is 9.96. The second-order valence-corrected chi connectivity index (χ2v) is 11.6. The number of hydrogen-bond donors (Lipinski definition) is 1. The highest BCUT2D eigenvalue weighted by Crippen LogP contribution is 2.41. The van der Waals surface area contributed by atoms with E-state index in [0.29, 0.717) is 25.3 Å². The zero-order valence-electron chi connectivity index (χ0n) is 20.1. The number of carbonyl (C=O) groups is 2. The summed E-state index contributed by atoms with van der Waals surface area (Å²) in [5, 5.41) is 2.91. The molecule has 0 radical (unpaired) electrons. The number of rotatable bonds is 6. The van der Waals surface area contributed by atoms with Crippen molar-refractivity contribution < 1.29 is 18.0 Å². The summed E-state index contributed by atoms with van der Waals surface area (Å²) >= 11 is 0. The molecule has 9 heteroatoms. The maximum absolute atomic E-state index is 13.5. The Morgan fingerprint density at radius 1 is 1.00 bits per heavy atom. The number of nitrogens with zero attached hydrogens (tertiary/aromatic N) is 3. The van der Waals surface area contributed by atoms with Gasteiger partial charge in [0.2, 0.25) is 21.8 Å². The van der Waals surface area contributed by atoms with Crippen molar-refractivity contribution in [1.82, 2.24) is 9.62 Å². The van der Waals surface area contributed by atoms with Crippen molar-refractivity contribution in [3.05, 3.63) is 53.6 Å². The zero-order valence-corrected chi connectivity index (χ0v) is 20.9. The van der Waals surface area contributed by atoms with Gasteiger partial charge in [-0.3, -0.25) is 14.5 Å². The molecule has 0 saturated carbocycles. The molecule has 8 nitrogen and oxygen atoms in total. The molecule has 0 bridgehead atoms. The molecule has 2 saturated heterocycles. The molecule has 3 aliphatic rings. The van der Waals surface area contributed by atoms with Gasteiger partial charge in [0.25, 0.3) is 0 Å². The third-order valence-corrected chi connectivity index (χ3v) is 9.07. The second kappa shape index (κ2) is 9.62. The first-order valence-electron chi connectivity index (χ1n) is 12.4. The Bertz CT molecular complexity index is 1240. The molecule has 35 heavy (non-hydrogen) atoms. The van der Waals surface area contributed by atoms with Crippen molar-refractivity contribution >= 4 is 33.2 Å². The van der Waals surface area contributed by atoms with Gasteiger partial charge in [-0.25, -0.2) is 8.42 Å². The SMILES string of the molecule is Cc1cccc(CNC(=O)CN2C(=O)[C@H]3CCCCN3c3ccc(S(=O)(=O)N4CCCC4)cc32)c1. The summed E-state index contributed by atoms with van der Waals surface area (Å²) in [5.41, 5.74) is 3.42. The molecule has 0 aromatic heterocycles. The smallest absolute Gasteiger partial charge is 0.250 e. The molecule has 3 heterocycles. The Balaban J connectivity index is 1.43. The predicted molar refractivity (Wildman–Crippen MR) is 135 cm³/mol. The van der Waals surface area contributed by atoms with Gasteiger partial charge in [0, 0.05) is 26.2 Å². The molecule has 2 fully saturated rings. The number of sulfonamides is 1. The van der Waals surface area contributed by atoms with Crippen molar-refractivity contribution in [3.63, 3.8) is 0 Å². The molecule has 186 valence electrons. The summed E-state index contributed by atoms with van der Waals surface area (Å²) in [6.45, 7) is 3.99. The number of fused-ring (bicyclic) bond motifs is 3. The fraction of sp³-hybridized carbons (Fsp3) is 0.462. The van der Waals surface area contributed by atoms with Crippen LogP contribution in [0.25, 0.3) is 0 Å². The molecule has 0 aliphatic carbocycles. The highest BCUT2D eigenvalue weighted by molar-refractivity contribution is 7.89. The Labute approximate surface area is 206 Å². The number of nitrogens with one attached hydrogen (secondary N) is 1. The monoisotopic (exact) mass is 496 g/mol. The van der Waals surface area contributed by atoms with Crippen LogP contribution in [0.3, 0.4) is 0 Å².